The first-order valence-electron chi connectivity index (χ1n) is 8.04. The van der Waals surface area contributed by atoms with E-state index in [0.29, 0.717) is 17.4 Å². The van der Waals surface area contributed by atoms with E-state index in [9.17, 15) is 0 Å². The van der Waals surface area contributed by atoms with Gasteiger partial charge in [-0.25, -0.2) is 0 Å². The summed E-state index contributed by atoms with van der Waals surface area (Å²) < 4.78 is 5.65. The SMILES string of the molecule is CCNC1COCC1CN1CCC(C(C)(C)C)CC1. The van der Waals surface area contributed by atoms with Crippen LogP contribution in [0.25, 0.3) is 0 Å². The van der Waals surface area contributed by atoms with Gasteiger partial charge in [0.25, 0.3) is 0 Å². The van der Waals surface area contributed by atoms with Crippen molar-refractivity contribution in [3.8, 4) is 0 Å². The molecule has 3 nitrogen and oxygen atoms in total. The molecule has 3 heteroatoms. The summed E-state index contributed by atoms with van der Waals surface area (Å²) in [6, 6.07) is 0.574. The molecule has 2 aliphatic rings. The molecule has 0 aromatic rings. The number of rotatable bonds is 4. The van der Waals surface area contributed by atoms with E-state index < -0.39 is 0 Å². The third-order valence-corrected chi connectivity index (χ3v) is 4.97. The Bertz CT molecular complexity index is 266. The van der Waals surface area contributed by atoms with Gasteiger partial charge >= 0.3 is 0 Å². The van der Waals surface area contributed by atoms with Crippen LogP contribution in [0.1, 0.15) is 40.5 Å². The molecule has 112 valence electrons. The zero-order valence-electron chi connectivity index (χ0n) is 13.2. The van der Waals surface area contributed by atoms with Gasteiger partial charge in [-0.15, -0.1) is 0 Å². The van der Waals surface area contributed by atoms with Crippen LogP contribution in [0.5, 0.6) is 0 Å². The van der Waals surface area contributed by atoms with E-state index in [1.54, 1.807) is 0 Å². The molecule has 19 heavy (non-hydrogen) atoms. The standard InChI is InChI=1S/C16H32N2O/c1-5-17-15-12-19-11-13(15)10-18-8-6-14(7-9-18)16(2,3)4/h13-15,17H,5-12H2,1-4H3. The van der Waals surface area contributed by atoms with Gasteiger partial charge in [-0.1, -0.05) is 27.7 Å². The van der Waals surface area contributed by atoms with Crippen LogP contribution in [-0.2, 0) is 4.74 Å². The highest BCUT2D eigenvalue weighted by atomic mass is 16.5. The molecule has 0 amide bonds. The van der Waals surface area contributed by atoms with Crippen molar-refractivity contribution in [3.63, 3.8) is 0 Å². The van der Waals surface area contributed by atoms with Crippen molar-refractivity contribution in [3.05, 3.63) is 0 Å². The number of piperidine rings is 1. The van der Waals surface area contributed by atoms with Gasteiger partial charge in [0.15, 0.2) is 0 Å². The molecule has 0 saturated carbocycles. The molecule has 0 aliphatic carbocycles. The lowest BCUT2D eigenvalue weighted by molar-refractivity contribution is 0.0949. The highest BCUT2D eigenvalue weighted by Crippen LogP contribution is 2.34. The van der Waals surface area contributed by atoms with E-state index in [1.165, 1.54) is 32.5 Å². The molecular formula is C16H32N2O. The smallest absolute Gasteiger partial charge is 0.0623 e. The van der Waals surface area contributed by atoms with Crippen molar-refractivity contribution in [2.45, 2.75) is 46.6 Å². The molecule has 2 heterocycles. The maximum absolute atomic E-state index is 5.65. The van der Waals surface area contributed by atoms with Crippen molar-refractivity contribution < 1.29 is 4.74 Å². The fourth-order valence-electron chi connectivity index (χ4n) is 3.58. The third-order valence-electron chi connectivity index (χ3n) is 4.97. The molecule has 0 aromatic heterocycles. The van der Waals surface area contributed by atoms with Gasteiger partial charge in [0, 0.05) is 18.5 Å². The quantitative estimate of drug-likeness (QED) is 0.847. The molecule has 2 atom stereocenters. The number of nitrogens with one attached hydrogen (secondary N) is 1. The molecule has 0 radical (unpaired) electrons. The number of ether oxygens (including phenoxy) is 1. The van der Waals surface area contributed by atoms with Crippen LogP contribution in [0.15, 0.2) is 0 Å². The van der Waals surface area contributed by atoms with E-state index >= 15 is 0 Å². The Kier molecular flexibility index (Phi) is 5.27. The lowest BCUT2D eigenvalue weighted by Crippen LogP contribution is -2.45. The predicted molar refractivity (Wildman–Crippen MR) is 80.4 cm³/mol. The molecule has 2 rings (SSSR count). The summed E-state index contributed by atoms with van der Waals surface area (Å²) in [7, 11) is 0. The second kappa shape index (κ2) is 6.55. The number of hydrogen-bond acceptors (Lipinski definition) is 3. The number of hydrogen-bond donors (Lipinski definition) is 1. The van der Waals surface area contributed by atoms with Crippen molar-refractivity contribution in [1.82, 2.24) is 10.2 Å². The van der Waals surface area contributed by atoms with Crippen LogP contribution in [0.4, 0.5) is 0 Å². The van der Waals surface area contributed by atoms with E-state index in [1.807, 2.05) is 0 Å². The lowest BCUT2D eigenvalue weighted by Gasteiger charge is -2.39. The molecule has 2 aliphatic heterocycles. The van der Waals surface area contributed by atoms with Crippen molar-refractivity contribution in [2.75, 3.05) is 39.4 Å². The van der Waals surface area contributed by atoms with Gasteiger partial charge < -0.3 is 15.0 Å². The lowest BCUT2D eigenvalue weighted by atomic mass is 9.75. The summed E-state index contributed by atoms with van der Waals surface area (Å²) in [6.45, 7) is 16.0. The highest BCUT2D eigenvalue weighted by Gasteiger charge is 2.32. The zero-order valence-corrected chi connectivity index (χ0v) is 13.2. The molecule has 1 N–H and O–H groups in total. The van der Waals surface area contributed by atoms with Crippen LogP contribution in [-0.4, -0.2) is 50.3 Å². The minimum absolute atomic E-state index is 0.481. The molecule has 0 bridgehead atoms. The Morgan fingerprint density at radius 2 is 1.84 bits per heavy atom. The van der Waals surface area contributed by atoms with Crippen LogP contribution < -0.4 is 5.32 Å². The number of likely N-dealkylation sites (tertiary alicyclic amines) is 1. The van der Waals surface area contributed by atoms with Crippen LogP contribution in [0, 0.1) is 17.3 Å². The number of nitrogens with zero attached hydrogens (tertiary/aromatic N) is 1. The van der Waals surface area contributed by atoms with E-state index in [4.69, 9.17) is 4.74 Å². The summed E-state index contributed by atoms with van der Waals surface area (Å²) in [4.78, 5) is 2.66. The monoisotopic (exact) mass is 268 g/mol. The third kappa shape index (κ3) is 4.17. The Labute approximate surface area is 119 Å². The Balaban J connectivity index is 1.76. The predicted octanol–water partition coefficient (Wildman–Crippen LogP) is 2.37. The molecule has 2 saturated heterocycles. The minimum Gasteiger partial charge on any atom is -0.379 e. The number of likely N-dealkylation sites (N-methyl/N-ethyl adjacent to an activating group) is 1. The fraction of sp³-hybridized carbons (Fsp3) is 1.00. The first-order chi connectivity index (χ1) is 9.00. The molecule has 0 spiro atoms. The summed E-state index contributed by atoms with van der Waals surface area (Å²) >= 11 is 0. The van der Waals surface area contributed by atoms with Crippen LogP contribution in [0.3, 0.4) is 0 Å². The molecule has 2 fully saturated rings. The van der Waals surface area contributed by atoms with Gasteiger partial charge in [-0.05, 0) is 43.8 Å². The first-order valence-corrected chi connectivity index (χ1v) is 8.04. The molecule has 2 unspecified atom stereocenters. The van der Waals surface area contributed by atoms with Crippen molar-refractivity contribution >= 4 is 0 Å². The maximum Gasteiger partial charge on any atom is 0.0623 e. The largest absolute Gasteiger partial charge is 0.379 e. The Morgan fingerprint density at radius 3 is 2.42 bits per heavy atom. The van der Waals surface area contributed by atoms with E-state index in [-0.39, 0.29) is 0 Å². The summed E-state index contributed by atoms with van der Waals surface area (Å²) in [6.07, 6.45) is 2.73. The average molecular weight is 268 g/mol. The molecule has 0 aromatic carbocycles. The minimum atomic E-state index is 0.481. The average Bonchev–Trinajstić information content (AvgIpc) is 2.77. The van der Waals surface area contributed by atoms with Gasteiger partial charge in [0.05, 0.1) is 13.2 Å². The van der Waals surface area contributed by atoms with Gasteiger partial charge in [0.1, 0.15) is 0 Å². The Morgan fingerprint density at radius 1 is 1.16 bits per heavy atom. The summed E-state index contributed by atoms with van der Waals surface area (Å²) in [5.41, 5.74) is 0.481. The van der Waals surface area contributed by atoms with Crippen molar-refractivity contribution in [1.29, 1.82) is 0 Å². The van der Waals surface area contributed by atoms with Gasteiger partial charge in [-0.2, -0.15) is 0 Å². The van der Waals surface area contributed by atoms with Crippen LogP contribution in [0.2, 0.25) is 0 Å². The van der Waals surface area contributed by atoms with Crippen LogP contribution >= 0.6 is 0 Å². The normalized spacial score (nSPS) is 30.9. The van der Waals surface area contributed by atoms with Gasteiger partial charge in [-0.3, -0.25) is 0 Å². The summed E-state index contributed by atoms with van der Waals surface area (Å²) in [5.74, 6) is 1.58. The maximum atomic E-state index is 5.65. The highest BCUT2D eigenvalue weighted by molar-refractivity contribution is 4.86. The van der Waals surface area contributed by atoms with Crippen molar-refractivity contribution in [2.24, 2.45) is 17.3 Å². The Hall–Kier alpha value is -0.120. The van der Waals surface area contributed by atoms with Gasteiger partial charge in [0.2, 0.25) is 0 Å². The first kappa shape index (κ1) is 15.3. The van der Waals surface area contributed by atoms with E-state index in [0.717, 1.165) is 25.7 Å². The molecular weight excluding hydrogens is 236 g/mol. The summed E-state index contributed by atoms with van der Waals surface area (Å²) in [5, 5.41) is 3.57. The van der Waals surface area contributed by atoms with E-state index in [2.05, 4.69) is 37.9 Å². The fourth-order valence-corrected chi connectivity index (χ4v) is 3.58. The second-order valence-corrected chi connectivity index (χ2v) is 7.40. The zero-order chi connectivity index (χ0) is 13.9. The topological polar surface area (TPSA) is 24.5 Å². The second-order valence-electron chi connectivity index (χ2n) is 7.40.